The van der Waals surface area contributed by atoms with E-state index in [-0.39, 0.29) is 17.2 Å². The van der Waals surface area contributed by atoms with Crippen molar-refractivity contribution in [2.45, 2.75) is 25.8 Å². The Morgan fingerprint density at radius 2 is 2.14 bits per heavy atom. The van der Waals surface area contributed by atoms with E-state index < -0.39 is 23.7 Å². The number of hydrogen-bond acceptors (Lipinski definition) is 3. The number of methoxy groups -OCH3 is 1. The Labute approximate surface area is 122 Å². The van der Waals surface area contributed by atoms with Crippen LogP contribution in [0.5, 0.6) is 5.75 Å². The summed E-state index contributed by atoms with van der Waals surface area (Å²) in [5.74, 6) is -1.75. The average Bonchev–Trinajstić information content (AvgIpc) is 2.47. The summed E-state index contributed by atoms with van der Waals surface area (Å²) in [7, 11) is 1.31. The largest absolute Gasteiger partial charge is 0.494 e. The van der Waals surface area contributed by atoms with Crippen molar-refractivity contribution < 1.29 is 23.8 Å². The van der Waals surface area contributed by atoms with Crippen LogP contribution >= 0.6 is 0 Å². The maximum absolute atomic E-state index is 13.4. The van der Waals surface area contributed by atoms with Crippen LogP contribution in [0.25, 0.3) is 0 Å². The number of ether oxygens (including phenoxy) is 1. The van der Waals surface area contributed by atoms with E-state index in [2.05, 4.69) is 0 Å². The molecule has 1 N–H and O–H groups in total. The number of amides is 1. The van der Waals surface area contributed by atoms with Gasteiger partial charge in [-0.3, -0.25) is 4.79 Å². The lowest BCUT2D eigenvalue weighted by molar-refractivity contribution is -0.144. The minimum absolute atomic E-state index is 0.0295. The van der Waals surface area contributed by atoms with Crippen LogP contribution in [-0.2, 0) is 4.79 Å². The summed E-state index contributed by atoms with van der Waals surface area (Å²) in [4.78, 5) is 25.2. The molecular weight excluding hydrogens is 277 g/mol. The zero-order valence-electron chi connectivity index (χ0n) is 12.0. The van der Waals surface area contributed by atoms with Gasteiger partial charge >= 0.3 is 5.97 Å². The Morgan fingerprint density at radius 3 is 2.76 bits per heavy atom. The molecule has 0 aliphatic carbocycles. The van der Waals surface area contributed by atoms with E-state index in [0.717, 1.165) is 12.5 Å². The van der Waals surface area contributed by atoms with E-state index in [4.69, 9.17) is 4.74 Å². The fourth-order valence-corrected chi connectivity index (χ4v) is 2.58. The Balaban J connectivity index is 2.27. The number of hydrogen-bond donors (Lipinski definition) is 1. The van der Waals surface area contributed by atoms with E-state index in [0.29, 0.717) is 13.0 Å². The standard InChI is InChI=1S/C15H18FNO4/c1-9-5-6-17(12(7-9)15(19)20)14(18)10-3-4-11(16)13(8-10)21-2/h3-4,8-9,12H,5-7H2,1-2H3,(H,19,20). The molecule has 1 amide bonds. The van der Waals surface area contributed by atoms with Crippen LogP contribution in [0.4, 0.5) is 4.39 Å². The number of aliphatic carboxylic acids is 1. The summed E-state index contributed by atoms with van der Waals surface area (Å²) in [6.07, 6.45) is 1.19. The minimum atomic E-state index is -1.01. The van der Waals surface area contributed by atoms with Crippen LogP contribution in [0.3, 0.4) is 0 Å². The van der Waals surface area contributed by atoms with Crippen molar-refractivity contribution in [2.75, 3.05) is 13.7 Å². The monoisotopic (exact) mass is 295 g/mol. The Kier molecular flexibility index (Phi) is 4.45. The number of likely N-dealkylation sites (tertiary alicyclic amines) is 1. The van der Waals surface area contributed by atoms with Gasteiger partial charge in [-0.1, -0.05) is 6.92 Å². The second kappa shape index (κ2) is 6.11. The van der Waals surface area contributed by atoms with Gasteiger partial charge in [0.2, 0.25) is 0 Å². The van der Waals surface area contributed by atoms with Crippen LogP contribution in [0.2, 0.25) is 0 Å². The second-order valence-corrected chi connectivity index (χ2v) is 5.33. The van der Waals surface area contributed by atoms with Gasteiger partial charge in [0.15, 0.2) is 11.6 Å². The van der Waals surface area contributed by atoms with E-state index >= 15 is 0 Å². The average molecular weight is 295 g/mol. The van der Waals surface area contributed by atoms with Gasteiger partial charge < -0.3 is 14.7 Å². The third-order valence-electron chi connectivity index (χ3n) is 3.81. The van der Waals surface area contributed by atoms with Crippen LogP contribution < -0.4 is 4.74 Å². The lowest BCUT2D eigenvalue weighted by Crippen LogP contribution is -2.49. The lowest BCUT2D eigenvalue weighted by Gasteiger charge is -2.36. The second-order valence-electron chi connectivity index (χ2n) is 5.33. The minimum Gasteiger partial charge on any atom is -0.494 e. The first-order valence-electron chi connectivity index (χ1n) is 6.81. The SMILES string of the molecule is COc1cc(C(=O)N2CCC(C)CC2C(=O)O)ccc1F. The topological polar surface area (TPSA) is 66.8 Å². The van der Waals surface area contributed by atoms with Crippen molar-refractivity contribution in [1.29, 1.82) is 0 Å². The molecular formula is C15H18FNO4. The number of carboxylic acids is 1. The van der Waals surface area contributed by atoms with Gasteiger partial charge in [-0.2, -0.15) is 0 Å². The van der Waals surface area contributed by atoms with Gasteiger partial charge in [-0.15, -0.1) is 0 Å². The quantitative estimate of drug-likeness (QED) is 0.928. The fourth-order valence-electron chi connectivity index (χ4n) is 2.58. The highest BCUT2D eigenvalue weighted by atomic mass is 19.1. The van der Waals surface area contributed by atoms with Crippen LogP contribution in [0.1, 0.15) is 30.1 Å². The summed E-state index contributed by atoms with van der Waals surface area (Å²) in [5, 5.41) is 9.29. The van der Waals surface area contributed by atoms with Gasteiger partial charge in [0, 0.05) is 12.1 Å². The number of halogens is 1. The Hall–Kier alpha value is -2.11. The molecule has 1 aliphatic rings. The predicted octanol–water partition coefficient (Wildman–Crippen LogP) is 2.16. The molecule has 6 heteroatoms. The number of carbonyl (C=O) groups is 2. The van der Waals surface area contributed by atoms with E-state index in [1.54, 1.807) is 0 Å². The van der Waals surface area contributed by atoms with Gasteiger partial charge in [0.05, 0.1) is 7.11 Å². The maximum Gasteiger partial charge on any atom is 0.326 e. The van der Waals surface area contributed by atoms with Crippen molar-refractivity contribution >= 4 is 11.9 Å². The molecule has 1 fully saturated rings. The van der Waals surface area contributed by atoms with Crippen LogP contribution in [0.15, 0.2) is 18.2 Å². The van der Waals surface area contributed by atoms with Crippen molar-refractivity contribution in [3.63, 3.8) is 0 Å². The number of rotatable bonds is 3. The number of carboxylic acid groups (broad SMARTS) is 1. The molecule has 2 rings (SSSR count). The van der Waals surface area contributed by atoms with Crippen LogP contribution in [-0.4, -0.2) is 41.6 Å². The van der Waals surface area contributed by atoms with Crippen molar-refractivity contribution in [2.24, 2.45) is 5.92 Å². The number of nitrogens with zero attached hydrogens (tertiary/aromatic N) is 1. The first kappa shape index (κ1) is 15.3. The van der Waals surface area contributed by atoms with E-state index in [1.165, 1.54) is 24.1 Å². The van der Waals surface area contributed by atoms with E-state index in [9.17, 15) is 19.1 Å². The molecule has 1 saturated heterocycles. The summed E-state index contributed by atoms with van der Waals surface area (Å²) < 4.78 is 18.2. The highest BCUT2D eigenvalue weighted by molar-refractivity contribution is 5.97. The smallest absolute Gasteiger partial charge is 0.326 e. The number of piperidine rings is 1. The zero-order valence-corrected chi connectivity index (χ0v) is 12.0. The molecule has 1 aromatic carbocycles. The molecule has 0 radical (unpaired) electrons. The molecule has 1 aliphatic heterocycles. The normalized spacial score (nSPS) is 22.0. The van der Waals surface area contributed by atoms with Gasteiger partial charge in [0.25, 0.3) is 5.91 Å². The third-order valence-corrected chi connectivity index (χ3v) is 3.81. The molecule has 114 valence electrons. The molecule has 0 aromatic heterocycles. The third kappa shape index (κ3) is 3.15. The molecule has 5 nitrogen and oxygen atoms in total. The summed E-state index contributed by atoms with van der Waals surface area (Å²) >= 11 is 0. The highest BCUT2D eigenvalue weighted by Gasteiger charge is 2.35. The molecule has 1 heterocycles. The number of carbonyl (C=O) groups excluding carboxylic acids is 1. The van der Waals surface area contributed by atoms with Crippen molar-refractivity contribution in [1.82, 2.24) is 4.90 Å². The highest BCUT2D eigenvalue weighted by Crippen LogP contribution is 2.26. The molecule has 0 spiro atoms. The summed E-state index contributed by atoms with van der Waals surface area (Å²) in [5.41, 5.74) is 0.231. The van der Waals surface area contributed by atoms with Gasteiger partial charge in [-0.25, -0.2) is 9.18 Å². The predicted molar refractivity (Wildman–Crippen MR) is 73.8 cm³/mol. The Bertz CT molecular complexity index is 561. The zero-order chi connectivity index (χ0) is 15.6. The summed E-state index contributed by atoms with van der Waals surface area (Å²) in [6, 6.07) is 2.96. The molecule has 2 atom stereocenters. The van der Waals surface area contributed by atoms with Crippen LogP contribution in [0, 0.1) is 11.7 Å². The van der Waals surface area contributed by atoms with Gasteiger partial charge in [-0.05, 0) is 37.0 Å². The molecule has 21 heavy (non-hydrogen) atoms. The van der Waals surface area contributed by atoms with E-state index in [1.807, 2.05) is 6.92 Å². The molecule has 2 unspecified atom stereocenters. The molecule has 0 bridgehead atoms. The lowest BCUT2D eigenvalue weighted by atomic mass is 9.92. The molecule has 0 saturated carbocycles. The fraction of sp³-hybridized carbons (Fsp3) is 0.467. The van der Waals surface area contributed by atoms with Gasteiger partial charge in [0.1, 0.15) is 6.04 Å². The first-order valence-corrected chi connectivity index (χ1v) is 6.81. The number of benzene rings is 1. The molecule has 1 aromatic rings. The summed E-state index contributed by atoms with van der Waals surface area (Å²) in [6.45, 7) is 2.36. The van der Waals surface area contributed by atoms with Crippen molar-refractivity contribution in [3.05, 3.63) is 29.6 Å². The maximum atomic E-state index is 13.4. The first-order chi connectivity index (χ1) is 9.93. The van der Waals surface area contributed by atoms with Crippen molar-refractivity contribution in [3.8, 4) is 5.75 Å². The Morgan fingerprint density at radius 1 is 1.43 bits per heavy atom.